The summed E-state index contributed by atoms with van der Waals surface area (Å²) >= 11 is 0. The van der Waals surface area contributed by atoms with Crippen molar-refractivity contribution in [2.45, 2.75) is 32.1 Å². The molecule has 6 heteroatoms. The third-order valence-corrected chi connectivity index (χ3v) is 6.24. The smallest absolute Gasteiger partial charge is 0.231 e. The monoisotopic (exact) mass is 299 g/mol. The second kappa shape index (κ2) is 5.61. The van der Waals surface area contributed by atoms with Crippen molar-refractivity contribution < 1.29 is 17.9 Å². The summed E-state index contributed by atoms with van der Waals surface area (Å²) in [4.78, 5) is 0. The van der Waals surface area contributed by atoms with Gasteiger partial charge in [0.1, 0.15) is 0 Å². The summed E-state index contributed by atoms with van der Waals surface area (Å²) in [5, 5.41) is -0.400. The van der Waals surface area contributed by atoms with Crippen LogP contribution < -0.4 is 15.2 Å². The summed E-state index contributed by atoms with van der Waals surface area (Å²) in [7, 11) is -3.22. The van der Waals surface area contributed by atoms with Crippen molar-refractivity contribution in [2.24, 2.45) is 11.7 Å². The molecule has 1 aromatic carbocycles. The first kappa shape index (κ1) is 15.1. The van der Waals surface area contributed by atoms with E-state index in [0.717, 1.165) is 5.56 Å². The van der Waals surface area contributed by atoms with Crippen LogP contribution in [0.1, 0.15) is 32.4 Å². The summed E-state index contributed by atoms with van der Waals surface area (Å²) in [6.07, 6.45) is 0. The first-order valence-electron chi connectivity index (χ1n) is 6.68. The highest BCUT2D eigenvalue weighted by Gasteiger charge is 2.27. The predicted molar refractivity (Wildman–Crippen MR) is 77.6 cm³/mol. The van der Waals surface area contributed by atoms with Gasteiger partial charge in [-0.25, -0.2) is 8.42 Å². The van der Waals surface area contributed by atoms with Gasteiger partial charge in [0.25, 0.3) is 0 Å². The lowest BCUT2D eigenvalue weighted by atomic mass is 10.1. The number of hydrogen-bond acceptors (Lipinski definition) is 5. The summed E-state index contributed by atoms with van der Waals surface area (Å²) in [5.41, 5.74) is 6.78. The van der Waals surface area contributed by atoms with Gasteiger partial charge in [0.2, 0.25) is 6.79 Å². The van der Waals surface area contributed by atoms with Crippen LogP contribution in [0, 0.1) is 5.92 Å². The van der Waals surface area contributed by atoms with Crippen LogP contribution in [-0.4, -0.2) is 26.2 Å². The van der Waals surface area contributed by atoms with Gasteiger partial charge in [0.05, 0.1) is 11.0 Å². The molecule has 0 saturated heterocycles. The number of benzene rings is 1. The maximum atomic E-state index is 12.3. The number of rotatable bonds is 5. The van der Waals surface area contributed by atoms with Gasteiger partial charge in [0, 0.05) is 6.04 Å². The van der Waals surface area contributed by atoms with Crippen molar-refractivity contribution in [3.8, 4) is 11.5 Å². The maximum Gasteiger partial charge on any atom is 0.231 e. The number of sulfone groups is 1. The number of hydrogen-bond donors (Lipinski definition) is 1. The molecule has 2 unspecified atom stereocenters. The average molecular weight is 299 g/mol. The van der Waals surface area contributed by atoms with Gasteiger partial charge in [-0.05, 0) is 30.5 Å². The van der Waals surface area contributed by atoms with Gasteiger partial charge in [-0.1, -0.05) is 19.9 Å². The van der Waals surface area contributed by atoms with Gasteiger partial charge in [-0.2, -0.15) is 0 Å². The minimum atomic E-state index is -3.22. The predicted octanol–water partition coefficient (Wildman–Crippen LogP) is 1.87. The van der Waals surface area contributed by atoms with Crippen LogP contribution in [0.3, 0.4) is 0 Å². The van der Waals surface area contributed by atoms with Crippen molar-refractivity contribution in [1.82, 2.24) is 0 Å². The molecule has 0 amide bonds. The Morgan fingerprint density at radius 3 is 2.50 bits per heavy atom. The lowest BCUT2D eigenvalue weighted by molar-refractivity contribution is 0.174. The topological polar surface area (TPSA) is 78.6 Å². The highest BCUT2D eigenvalue weighted by molar-refractivity contribution is 7.92. The van der Waals surface area contributed by atoms with E-state index in [2.05, 4.69) is 0 Å². The first-order valence-corrected chi connectivity index (χ1v) is 8.39. The van der Waals surface area contributed by atoms with Gasteiger partial charge in [-0.15, -0.1) is 0 Å². The summed E-state index contributed by atoms with van der Waals surface area (Å²) < 4.78 is 35.0. The molecule has 112 valence electrons. The Labute approximate surface area is 120 Å². The average Bonchev–Trinajstić information content (AvgIpc) is 2.84. The van der Waals surface area contributed by atoms with E-state index in [-0.39, 0.29) is 18.5 Å². The Hall–Kier alpha value is -1.27. The Morgan fingerprint density at radius 2 is 1.85 bits per heavy atom. The third-order valence-electron chi connectivity index (χ3n) is 3.74. The molecule has 1 aliphatic heterocycles. The van der Waals surface area contributed by atoms with Crippen LogP contribution in [0.4, 0.5) is 0 Å². The van der Waals surface area contributed by atoms with Crippen LogP contribution in [0.15, 0.2) is 18.2 Å². The molecule has 20 heavy (non-hydrogen) atoms. The molecule has 1 aliphatic rings. The Kier molecular flexibility index (Phi) is 4.25. The van der Waals surface area contributed by atoms with Crippen LogP contribution >= 0.6 is 0 Å². The van der Waals surface area contributed by atoms with Crippen molar-refractivity contribution >= 4 is 9.84 Å². The molecule has 1 heterocycles. The lowest BCUT2D eigenvalue weighted by Gasteiger charge is -2.19. The molecule has 0 fully saturated rings. The fourth-order valence-electron chi connectivity index (χ4n) is 2.06. The molecule has 5 nitrogen and oxygen atoms in total. The van der Waals surface area contributed by atoms with Gasteiger partial charge >= 0.3 is 0 Å². The fraction of sp³-hybridized carbons (Fsp3) is 0.571. The lowest BCUT2D eigenvalue weighted by Crippen LogP contribution is -2.31. The van der Waals surface area contributed by atoms with E-state index in [1.807, 2.05) is 13.8 Å². The molecule has 0 aliphatic carbocycles. The fourth-order valence-corrected chi connectivity index (χ4v) is 3.88. The van der Waals surface area contributed by atoms with E-state index in [4.69, 9.17) is 15.2 Å². The zero-order chi connectivity index (χ0) is 14.9. The minimum Gasteiger partial charge on any atom is -0.454 e. The van der Waals surface area contributed by atoms with Crippen molar-refractivity contribution in [3.63, 3.8) is 0 Å². The highest BCUT2D eigenvalue weighted by atomic mass is 32.2. The molecule has 0 radical (unpaired) electrons. The molecular weight excluding hydrogens is 278 g/mol. The molecule has 2 N–H and O–H groups in total. The molecule has 2 rings (SSSR count). The molecular formula is C14H21NO4S. The first-order chi connectivity index (χ1) is 9.31. The Balaban J connectivity index is 2.14. The van der Waals surface area contributed by atoms with Crippen molar-refractivity contribution in [1.29, 1.82) is 0 Å². The quantitative estimate of drug-likeness (QED) is 0.898. The molecule has 0 bridgehead atoms. The molecule has 2 atom stereocenters. The zero-order valence-electron chi connectivity index (χ0n) is 12.0. The summed E-state index contributed by atoms with van der Waals surface area (Å²) in [6.45, 7) is 5.71. The summed E-state index contributed by atoms with van der Waals surface area (Å²) in [5.74, 6) is 1.29. The maximum absolute atomic E-state index is 12.3. The minimum absolute atomic E-state index is 0.0635. The van der Waals surface area contributed by atoms with E-state index in [0.29, 0.717) is 11.5 Å². The van der Waals surface area contributed by atoms with Gasteiger partial charge < -0.3 is 15.2 Å². The zero-order valence-corrected chi connectivity index (χ0v) is 12.8. The van der Waals surface area contributed by atoms with E-state index in [1.54, 1.807) is 25.1 Å². The Morgan fingerprint density at radius 1 is 1.20 bits per heavy atom. The largest absolute Gasteiger partial charge is 0.454 e. The van der Waals surface area contributed by atoms with Gasteiger partial charge in [-0.3, -0.25) is 0 Å². The third kappa shape index (κ3) is 3.07. The van der Waals surface area contributed by atoms with E-state index < -0.39 is 21.1 Å². The van der Waals surface area contributed by atoms with Crippen molar-refractivity contribution in [2.75, 3.05) is 12.5 Å². The SMILES string of the molecule is CC(C)C(C)S(=O)(=O)CC(N)c1ccc2c(c1)OCO2. The van der Waals surface area contributed by atoms with Crippen molar-refractivity contribution in [3.05, 3.63) is 23.8 Å². The van der Waals surface area contributed by atoms with Crippen LogP contribution in [0.25, 0.3) is 0 Å². The van der Waals surface area contributed by atoms with Crippen LogP contribution in [0.2, 0.25) is 0 Å². The van der Waals surface area contributed by atoms with Crippen LogP contribution in [-0.2, 0) is 9.84 Å². The number of fused-ring (bicyclic) bond motifs is 1. The Bertz CT molecular complexity index is 583. The van der Waals surface area contributed by atoms with E-state index in [9.17, 15) is 8.42 Å². The molecule has 0 aromatic heterocycles. The highest BCUT2D eigenvalue weighted by Crippen LogP contribution is 2.34. The van der Waals surface area contributed by atoms with E-state index in [1.165, 1.54) is 0 Å². The second-order valence-corrected chi connectivity index (χ2v) is 7.90. The molecule has 0 spiro atoms. The molecule has 1 aromatic rings. The standard InChI is InChI=1S/C14H21NO4S/c1-9(2)10(3)20(16,17)7-12(15)11-4-5-13-14(6-11)19-8-18-13/h4-6,9-10,12H,7-8,15H2,1-3H3. The second-order valence-electron chi connectivity index (χ2n) is 5.50. The number of nitrogens with two attached hydrogens (primary N) is 1. The van der Waals surface area contributed by atoms with Crippen LogP contribution in [0.5, 0.6) is 11.5 Å². The molecule has 0 saturated carbocycles. The van der Waals surface area contributed by atoms with E-state index >= 15 is 0 Å². The van der Waals surface area contributed by atoms with Gasteiger partial charge in [0.15, 0.2) is 21.3 Å². The summed E-state index contributed by atoms with van der Waals surface area (Å²) in [6, 6.07) is 4.74. The number of ether oxygens (including phenoxy) is 2. The normalized spacial score (nSPS) is 17.2.